The Morgan fingerprint density at radius 2 is 2.19 bits per heavy atom. The third kappa shape index (κ3) is 3.56. The first-order valence-electron chi connectivity index (χ1n) is 7.38. The zero-order chi connectivity index (χ0) is 18.8. The van der Waals surface area contributed by atoms with Crippen LogP contribution in [0.5, 0.6) is 0 Å². The van der Waals surface area contributed by atoms with Gasteiger partial charge in [0, 0.05) is 11.9 Å². The fraction of sp³-hybridized carbons (Fsp3) is 0.385. The van der Waals surface area contributed by atoms with Gasteiger partial charge in [-0.25, -0.2) is 14.6 Å². The second-order valence-corrected chi connectivity index (χ2v) is 6.28. The number of cyclic esters (lactones) is 1. The largest absolute Gasteiger partial charge is 0.465 e. The van der Waals surface area contributed by atoms with Crippen LogP contribution < -0.4 is 16.0 Å². The standard InChI is InChI=1S/C13H13N5O7S/c19-8(6-4-26-11(15-6)17-12(22)23)10(21)16-7-5(14-9(7)20)3-18-1-2-25-13(18)24/h4-5,7H,1-3H2,(H,14,20)(H,15,17)(H,16,21)(H,22,23)/t5-,7-/m0/s1. The van der Waals surface area contributed by atoms with Gasteiger partial charge in [-0.1, -0.05) is 0 Å². The van der Waals surface area contributed by atoms with Crippen LogP contribution in [0.4, 0.5) is 14.7 Å². The van der Waals surface area contributed by atoms with Crippen LogP contribution >= 0.6 is 11.3 Å². The van der Waals surface area contributed by atoms with Crippen LogP contribution in [-0.2, 0) is 14.3 Å². The number of amides is 4. The Bertz CT molecular complexity index is 794. The molecule has 2 aliphatic rings. The van der Waals surface area contributed by atoms with Crippen LogP contribution in [0.2, 0.25) is 0 Å². The van der Waals surface area contributed by atoms with Gasteiger partial charge in [0.05, 0.1) is 12.6 Å². The number of hydrogen-bond donors (Lipinski definition) is 4. The Labute approximate surface area is 149 Å². The number of hydrogen-bond acceptors (Lipinski definition) is 8. The molecule has 0 aromatic carbocycles. The van der Waals surface area contributed by atoms with Crippen molar-refractivity contribution in [2.75, 3.05) is 25.0 Å². The lowest BCUT2D eigenvalue weighted by molar-refractivity contribution is -0.135. The number of ether oxygens (including phenoxy) is 1. The summed E-state index contributed by atoms with van der Waals surface area (Å²) in [5, 5.41) is 16.6. The van der Waals surface area contributed by atoms with E-state index in [1.165, 1.54) is 10.3 Å². The van der Waals surface area contributed by atoms with Gasteiger partial charge in [-0.05, 0) is 0 Å². The maximum atomic E-state index is 12.1. The van der Waals surface area contributed by atoms with E-state index in [9.17, 15) is 24.0 Å². The van der Waals surface area contributed by atoms with E-state index < -0.39 is 41.9 Å². The number of β-lactam (4-membered cyclic amide) rings is 1. The zero-order valence-electron chi connectivity index (χ0n) is 13.1. The van der Waals surface area contributed by atoms with Gasteiger partial charge in [0.15, 0.2) is 5.13 Å². The van der Waals surface area contributed by atoms with Crippen LogP contribution in [0, 0.1) is 0 Å². The zero-order valence-corrected chi connectivity index (χ0v) is 13.9. The van der Waals surface area contributed by atoms with Crippen molar-refractivity contribution in [3.8, 4) is 0 Å². The molecule has 0 bridgehead atoms. The van der Waals surface area contributed by atoms with E-state index >= 15 is 0 Å². The minimum atomic E-state index is -1.35. The highest BCUT2D eigenvalue weighted by Gasteiger charge is 2.43. The van der Waals surface area contributed by atoms with Crippen LogP contribution in [0.15, 0.2) is 5.38 Å². The molecule has 3 heterocycles. The second kappa shape index (κ2) is 6.95. The molecule has 138 valence electrons. The highest BCUT2D eigenvalue weighted by Crippen LogP contribution is 2.16. The summed E-state index contributed by atoms with van der Waals surface area (Å²) in [7, 11) is 0. The van der Waals surface area contributed by atoms with Crippen LogP contribution in [0.3, 0.4) is 0 Å². The number of ketones is 1. The van der Waals surface area contributed by atoms with Crippen molar-refractivity contribution in [2.45, 2.75) is 12.1 Å². The van der Waals surface area contributed by atoms with Crippen LogP contribution in [-0.4, -0.2) is 76.6 Å². The van der Waals surface area contributed by atoms with Gasteiger partial charge in [0.1, 0.15) is 18.3 Å². The Kier molecular flexibility index (Phi) is 4.71. The fourth-order valence-electron chi connectivity index (χ4n) is 2.44. The molecule has 26 heavy (non-hydrogen) atoms. The number of anilines is 1. The maximum Gasteiger partial charge on any atom is 0.410 e. The number of thiazole rings is 1. The molecule has 0 aliphatic carbocycles. The van der Waals surface area contributed by atoms with Gasteiger partial charge < -0.3 is 25.4 Å². The smallest absolute Gasteiger partial charge is 0.410 e. The van der Waals surface area contributed by atoms with Gasteiger partial charge in [-0.2, -0.15) is 0 Å². The Morgan fingerprint density at radius 3 is 2.81 bits per heavy atom. The quantitative estimate of drug-likeness (QED) is 0.271. The molecule has 4 amide bonds. The third-order valence-corrected chi connectivity index (χ3v) is 4.48. The van der Waals surface area contributed by atoms with Gasteiger partial charge in [0.2, 0.25) is 5.91 Å². The average molecular weight is 383 g/mol. The molecule has 0 saturated carbocycles. The minimum Gasteiger partial charge on any atom is -0.465 e. The van der Waals surface area contributed by atoms with Gasteiger partial charge in [0.25, 0.3) is 11.7 Å². The monoisotopic (exact) mass is 383 g/mol. The predicted molar refractivity (Wildman–Crippen MR) is 84.9 cm³/mol. The first kappa shape index (κ1) is 17.6. The van der Waals surface area contributed by atoms with Gasteiger partial charge in [-0.15, -0.1) is 11.3 Å². The first-order chi connectivity index (χ1) is 12.3. The Balaban J connectivity index is 1.58. The Hall–Kier alpha value is -3.22. The van der Waals surface area contributed by atoms with Crippen molar-refractivity contribution in [3.05, 3.63) is 11.1 Å². The van der Waals surface area contributed by atoms with E-state index in [1.54, 1.807) is 0 Å². The molecular formula is C13H13N5O7S. The molecule has 0 spiro atoms. The minimum absolute atomic E-state index is 0.0551. The molecule has 13 heteroatoms. The fourth-order valence-corrected chi connectivity index (χ4v) is 3.12. The Morgan fingerprint density at radius 1 is 1.42 bits per heavy atom. The molecule has 2 saturated heterocycles. The third-order valence-electron chi connectivity index (χ3n) is 3.72. The molecule has 0 radical (unpaired) electrons. The van der Waals surface area contributed by atoms with Crippen molar-refractivity contribution < 1.29 is 33.8 Å². The number of nitrogens with one attached hydrogen (secondary N) is 3. The summed E-state index contributed by atoms with van der Waals surface area (Å²) >= 11 is 0.844. The molecule has 12 nitrogen and oxygen atoms in total. The second-order valence-electron chi connectivity index (χ2n) is 5.42. The van der Waals surface area contributed by atoms with Crippen LogP contribution in [0.25, 0.3) is 0 Å². The number of rotatable bonds is 6. The summed E-state index contributed by atoms with van der Waals surface area (Å²) in [5.41, 5.74) is -0.240. The van der Waals surface area contributed by atoms with E-state index in [4.69, 9.17) is 9.84 Å². The lowest BCUT2D eigenvalue weighted by Crippen LogP contribution is -2.72. The summed E-state index contributed by atoms with van der Waals surface area (Å²) in [6, 6.07) is -1.50. The van der Waals surface area contributed by atoms with Gasteiger partial charge >= 0.3 is 12.2 Å². The topological polar surface area (TPSA) is 167 Å². The summed E-state index contributed by atoms with van der Waals surface area (Å²) in [6.07, 6.45) is -1.86. The number of Topliss-reactive ketones (excluding diaryl/α,β-unsaturated/α-hetero) is 1. The van der Waals surface area contributed by atoms with E-state index in [2.05, 4.69) is 15.6 Å². The van der Waals surface area contributed by atoms with Crippen molar-refractivity contribution in [2.24, 2.45) is 0 Å². The van der Waals surface area contributed by atoms with Crippen LogP contribution in [0.1, 0.15) is 10.5 Å². The van der Waals surface area contributed by atoms with Crippen molar-refractivity contribution in [3.63, 3.8) is 0 Å². The summed E-state index contributed by atoms with van der Waals surface area (Å²) in [4.78, 5) is 62.8. The maximum absolute atomic E-state index is 12.1. The van der Waals surface area contributed by atoms with Crippen molar-refractivity contribution >= 4 is 46.3 Å². The van der Waals surface area contributed by atoms with E-state index in [-0.39, 0.29) is 24.0 Å². The van der Waals surface area contributed by atoms with Crippen molar-refractivity contribution in [1.29, 1.82) is 0 Å². The van der Waals surface area contributed by atoms with Crippen molar-refractivity contribution in [1.82, 2.24) is 20.5 Å². The normalized spacial score (nSPS) is 21.5. The van der Waals surface area contributed by atoms with Gasteiger partial charge in [-0.3, -0.25) is 19.7 Å². The molecule has 3 rings (SSSR count). The molecule has 4 N–H and O–H groups in total. The number of aromatic nitrogens is 1. The van der Waals surface area contributed by atoms with E-state index in [0.29, 0.717) is 6.54 Å². The molecule has 2 fully saturated rings. The SMILES string of the molecule is O=C(O)Nc1nc(C(=O)C(=O)N[C@@H]2C(=O)N[C@H]2CN2CCOC2=O)cs1. The lowest BCUT2D eigenvalue weighted by Gasteiger charge is -2.38. The number of carbonyl (C=O) groups excluding carboxylic acids is 4. The number of nitrogens with zero attached hydrogens (tertiary/aromatic N) is 2. The molecule has 2 atom stereocenters. The predicted octanol–water partition coefficient (Wildman–Crippen LogP) is -1.15. The lowest BCUT2D eigenvalue weighted by atomic mass is 9.98. The molecule has 2 aliphatic heterocycles. The summed E-state index contributed by atoms with van der Waals surface area (Å²) in [5.74, 6) is -2.53. The average Bonchev–Trinajstić information content (AvgIpc) is 3.20. The molecule has 1 aromatic heterocycles. The van der Waals surface area contributed by atoms with E-state index in [1.807, 2.05) is 5.32 Å². The first-order valence-corrected chi connectivity index (χ1v) is 8.26. The number of carbonyl (C=O) groups is 5. The highest BCUT2D eigenvalue weighted by atomic mass is 32.1. The van der Waals surface area contributed by atoms with E-state index in [0.717, 1.165) is 11.3 Å². The number of carboxylic acid groups (broad SMARTS) is 1. The molecular weight excluding hydrogens is 370 g/mol. The summed E-state index contributed by atoms with van der Waals surface area (Å²) < 4.78 is 4.78. The summed E-state index contributed by atoms with van der Waals surface area (Å²) in [6.45, 7) is 0.779. The molecule has 1 aromatic rings. The molecule has 0 unspecified atom stereocenters. The highest BCUT2D eigenvalue weighted by molar-refractivity contribution is 7.14.